The highest BCUT2D eigenvalue weighted by Gasteiger charge is 2.47. The van der Waals surface area contributed by atoms with Gasteiger partial charge in [0.25, 0.3) is 0 Å². The van der Waals surface area contributed by atoms with E-state index in [1.54, 1.807) is 54.7 Å². The van der Waals surface area contributed by atoms with Gasteiger partial charge >= 0.3 is 5.97 Å². The molecule has 3 aliphatic heterocycles. The summed E-state index contributed by atoms with van der Waals surface area (Å²) in [5.74, 6) is -20.1. The summed E-state index contributed by atoms with van der Waals surface area (Å²) in [5.41, 5.74) is 31.6. The maximum Gasteiger partial charge on any atom is 0.323 e. The largest absolute Gasteiger partial charge is 0.508 e. The zero-order valence-electron chi connectivity index (χ0n) is 77.8. The number of phenols is 1. The second-order valence-electron chi connectivity index (χ2n) is 34.7. The average Bonchev–Trinajstić information content (AvgIpc) is 1.65. The van der Waals surface area contributed by atoms with Crippen molar-refractivity contribution in [3.8, 4) is 5.75 Å². The van der Waals surface area contributed by atoms with Crippen molar-refractivity contribution >= 4 is 146 Å². The Morgan fingerprint density at radius 1 is 0.536 bits per heavy atom. The van der Waals surface area contributed by atoms with Crippen LogP contribution in [0.4, 0.5) is 0 Å². The van der Waals surface area contributed by atoms with Gasteiger partial charge in [0.2, 0.25) is 106 Å². The molecule has 15 atom stereocenters. The minimum Gasteiger partial charge on any atom is -0.508 e. The van der Waals surface area contributed by atoms with Gasteiger partial charge in [-0.2, -0.15) is 0 Å². The molecule has 9 rings (SSSR count). The van der Waals surface area contributed by atoms with Crippen LogP contribution in [0, 0.1) is 0 Å². The molecule has 0 spiro atoms. The lowest BCUT2D eigenvalue weighted by Gasteiger charge is -2.36. The van der Waals surface area contributed by atoms with Gasteiger partial charge in [-0.1, -0.05) is 88.1 Å². The van der Waals surface area contributed by atoms with Crippen LogP contribution in [0.5, 0.6) is 5.75 Å². The van der Waals surface area contributed by atoms with E-state index in [0.717, 1.165) is 36.3 Å². The predicted molar refractivity (Wildman–Crippen MR) is 501 cm³/mol. The number of carboxylic acids is 1. The molecule has 47 heteroatoms. The molecular weight excluding hydrogens is 1810 g/mol. The highest BCUT2D eigenvalue weighted by atomic mass is 32.2. The zero-order valence-corrected chi connectivity index (χ0v) is 78.6. The molecule has 25 N–H and O–H groups in total. The third kappa shape index (κ3) is 29.5. The van der Waals surface area contributed by atoms with Gasteiger partial charge in [0.05, 0.1) is 31.1 Å². The molecule has 138 heavy (non-hydrogen) atoms. The lowest BCUT2D eigenvalue weighted by atomic mass is 9.99. The quantitative estimate of drug-likeness (QED) is 0.0219. The van der Waals surface area contributed by atoms with Crippen LogP contribution in [-0.2, 0) is 123 Å². The van der Waals surface area contributed by atoms with E-state index in [0.29, 0.717) is 64.2 Å². The molecule has 6 heterocycles. The van der Waals surface area contributed by atoms with Gasteiger partial charge in [-0.25, -0.2) is 4.98 Å². The molecule has 0 saturated carbocycles. The Hall–Kier alpha value is -14.1. The minimum atomic E-state index is -1.82. The number of aliphatic hydroxyl groups is 1. The van der Waals surface area contributed by atoms with Gasteiger partial charge in [-0.3, -0.25) is 91.1 Å². The second-order valence-corrected chi connectivity index (χ2v) is 35.7. The highest BCUT2D eigenvalue weighted by molar-refractivity contribution is 8.00. The van der Waals surface area contributed by atoms with Crippen molar-refractivity contribution in [2.75, 3.05) is 65.4 Å². The number of hydrogen-bond acceptors (Lipinski definition) is 25. The van der Waals surface area contributed by atoms with Crippen molar-refractivity contribution in [2.45, 2.75) is 234 Å². The number of rotatable bonds is 28. The van der Waals surface area contributed by atoms with E-state index in [1.807, 2.05) is 13.8 Å². The number of nitrogens with two attached hydrogens (primary N) is 5. The molecule has 18 amide bonds. The number of H-pyrrole nitrogens is 2. The monoisotopic (exact) mass is 1940 g/mol. The fourth-order valence-electron chi connectivity index (χ4n) is 17.0. The summed E-state index contributed by atoms with van der Waals surface area (Å²) in [6.07, 6.45) is 1.16. The number of aliphatic carboxylic acids is 1. The van der Waals surface area contributed by atoms with Crippen LogP contribution in [0.3, 0.4) is 0 Å². The van der Waals surface area contributed by atoms with Crippen LogP contribution < -0.4 is 81.8 Å². The fraction of sp³-hybridized carbons (Fsp3) is 0.516. The van der Waals surface area contributed by atoms with Gasteiger partial charge in [0.15, 0.2) is 0 Å². The number of carbonyl (C=O) groups is 19. The summed E-state index contributed by atoms with van der Waals surface area (Å²) < 4.78 is 1.42. The Balaban J connectivity index is 1.12. The highest BCUT2D eigenvalue weighted by Crippen LogP contribution is 2.29. The Kier molecular flexibility index (Phi) is 39.9. The molecular formula is C91H126N24O22S. The van der Waals surface area contributed by atoms with E-state index in [-0.39, 0.29) is 82.4 Å². The molecule has 0 radical (unpaired) electrons. The van der Waals surface area contributed by atoms with Gasteiger partial charge < -0.3 is 136 Å². The second kappa shape index (κ2) is 51.2. The van der Waals surface area contributed by atoms with Crippen LogP contribution in [0.2, 0.25) is 0 Å². The molecule has 0 unspecified atom stereocenters. The van der Waals surface area contributed by atoms with Crippen LogP contribution in [0.1, 0.15) is 133 Å². The van der Waals surface area contributed by atoms with Gasteiger partial charge in [0.1, 0.15) is 96.9 Å². The van der Waals surface area contributed by atoms with Gasteiger partial charge in [-0.05, 0) is 106 Å². The molecule has 3 aromatic carbocycles. The number of hydrogen-bond donors (Lipinski definition) is 20. The molecule has 748 valence electrons. The first-order valence-electron chi connectivity index (χ1n) is 45.8. The van der Waals surface area contributed by atoms with Crippen molar-refractivity contribution in [3.05, 3.63) is 120 Å². The fourth-order valence-corrected chi connectivity index (χ4v) is 17.8. The van der Waals surface area contributed by atoms with Crippen molar-refractivity contribution in [1.82, 2.24) is 97.2 Å². The number of nitrogens with zero attached hydrogens (tertiary/aromatic N) is 7. The lowest BCUT2D eigenvalue weighted by Crippen LogP contribution is -2.61. The molecule has 3 fully saturated rings. The number of likely N-dealkylation sites (N-methyl/N-ethyl adjacent to an activating group) is 3. The first kappa shape index (κ1) is 108. The summed E-state index contributed by atoms with van der Waals surface area (Å²) in [7, 11) is 3.82. The maximum atomic E-state index is 16.0. The van der Waals surface area contributed by atoms with E-state index < -0.39 is 273 Å². The number of phenolic OH excluding ortho intramolecular Hbond substituents is 1. The number of carbonyl (C=O) groups excluding carboxylic acids is 18. The summed E-state index contributed by atoms with van der Waals surface area (Å²) in [6.45, 7) is 2.30. The molecule has 6 aromatic rings. The Morgan fingerprint density at radius 2 is 1.09 bits per heavy atom. The normalized spacial score (nSPS) is 24.4. The number of primary amides is 3. The van der Waals surface area contributed by atoms with E-state index in [9.17, 15) is 68.1 Å². The average molecular weight is 1940 g/mol. The summed E-state index contributed by atoms with van der Waals surface area (Å²) in [6, 6.07) is -3.48. The third-order valence-electron chi connectivity index (χ3n) is 24.5. The number of benzene rings is 3. The number of aliphatic hydroxyl groups excluding tert-OH is 1. The molecule has 3 aliphatic rings. The molecule has 0 bridgehead atoms. The van der Waals surface area contributed by atoms with Crippen molar-refractivity contribution in [2.24, 2.45) is 28.7 Å². The van der Waals surface area contributed by atoms with Gasteiger partial charge in [-0.15, -0.1) is 11.8 Å². The first-order chi connectivity index (χ1) is 65.7. The summed E-state index contributed by atoms with van der Waals surface area (Å²) >= 11 is 0.749. The molecule has 3 aromatic heterocycles. The molecule has 46 nitrogen and oxygen atoms in total. The summed E-state index contributed by atoms with van der Waals surface area (Å²) in [5, 5.41) is 59.0. The van der Waals surface area contributed by atoms with Crippen LogP contribution in [0.25, 0.3) is 21.8 Å². The number of unbranched alkanes of at least 4 members (excludes halogenated alkanes) is 2. The number of aromatic amines is 2. The van der Waals surface area contributed by atoms with E-state index in [1.165, 1.54) is 75.6 Å². The topological polar surface area (TPSA) is 701 Å². The Bertz CT molecular complexity index is 5380. The van der Waals surface area contributed by atoms with Crippen LogP contribution >= 0.6 is 11.8 Å². The van der Waals surface area contributed by atoms with Gasteiger partial charge in [0, 0.05) is 125 Å². The smallest absolute Gasteiger partial charge is 0.323 e. The first-order valence-corrected chi connectivity index (χ1v) is 46.9. The van der Waals surface area contributed by atoms with Crippen molar-refractivity contribution in [3.63, 3.8) is 0 Å². The number of para-hydroxylation sites is 2. The lowest BCUT2D eigenvalue weighted by molar-refractivity contribution is -0.149. The number of nitrogens with one attached hydrogen (secondary N) is 12. The SMILES string of the molecule is CCCC[C@H]1C(=O)N(C)[C@@H](CCCC)C(=O)N[C@@H](CCN)C(=O)N[C@H](C(=O)NCC(N)=O)CSCC(=O)N[C@@H](Cc2ccc(O)cc2)C(=O)N(C)[C@@H](C)C(=O)N[C@H](CC(N)=O)C(=O)N2CCC[C@H]2C(=O)N[C@@H](Cc2cnc[nH]2)C(=O)N[C@@H](CCC(N)=O)C(=O)N2C[C@H](O)C[C@H]2C(=O)N[C@@H](Cc2c[nH]c3ccccc23)C(=O)N[C@@H](CCN)C(=O)N[C@@H](Cc2cn(CC(=O)O)c3ccccc23)C(=O)N1C. The predicted octanol–water partition coefficient (Wildman–Crippen LogP) is -4.71. The number of amides is 18. The van der Waals surface area contributed by atoms with Crippen molar-refractivity contribution in [1.29, 1.82) is 0 Å². The Labute approximate surface area is 799 Å². The number of aromatic hydroxyl groups is 1. The minimum absolute atomic E-state index is 0.0382. The van der Waals surface area contributed by atoms with Crippen LogP contribution in [-0.4, -0.2) is 328 Å². The van der Waals surface area contributed by atoms with Crippen LogP contribution in [0.15, 0.2) is 97.7 Å². The number of aromatic nitrogens is 4. The number of thioether (sulfide) groups is 1. The number of imidazole rings is 1. The zero-order chi connectivity index (χ0) is 101. The molecule has 3 saturated heterocycles. The molecule has 0 aliphatic carbocycles. The van der Waals surface area contributed by atoms with E-state index in [2.05, 4.69) is 68.1 Å². The number of fused-ring (bicyclic) bond motifs is 4. The van der Waals surface area contributed by atoms with E-state index in [4.69, 9.17) is 28.7 Å². The standard InChI is InChI=1S/C91H126N24O22S/c1-7-9-19-69-84(130)103-60(30-32-93)81(127)109-67(79(125)99-42-75(96)120)46-138-47-76(121)101-64(34-50-23-25-54(116)26-24-50)87(133)110(4)49(3)78(124)107-66(39-74(95)119)90(136)114-33-15-22-70(114)85(131)106-63(37-53-41-97-48-100-53)83(129)104-61(27-28-73(94)118)89(135)115-44-55(117)38-72(115)86(132)105-62(35-51-40-98-58-18-13-11-16-56(51)58)82(128)102-59(29-31-92)80(126)108-65(88(134)112(6)71(20-10-8-2)91(137)111(69)5)36-52-43-113(45-77(122)123)68-21-14-12-17-57(52)68/h11-14,16-18,21,23-26,40-41,43,48-49,55,59-67,69-72,98,116-117H,7-10,15,19-20,22,27-39,42,44-47,92-93H2,1-6H3,(H2,94,118)(H2,95,119)(H2,96,120)(H,97,100)(H,99,125)(H,101,121)(H,102,128)(H,103,130)(H,104,129)(H,105,132)(H,106,131)(H,107,124)(H,108,126)(H,109,127)(H,122,123)/t49-,55+,59-,60-,61-,62-,63-,64-,65-,66+,67-,69-,70-,71-,72-/m0/s1. The van der Waals surface area contributed by atoms with Crippen molar-refractivity contribution < 1.29 is 106 Å². The summed E-state index contributed by atoms with van der Waals surface area (Å²) in [4.78, 5) is 291. The third-order valence-corrected chi connectivity index (χ3v) is 25.6. The maximum absolute atomic E-state index is 16.0. The Morgan fingerprint density at radius 3 is 1.72 bits per heavy atom. The van der Waals surface area contributed by atoms with E-state index >= 15 is 38.4 Å². The number of carboxylic acid groups (broad SMARTS) is 1.